The van der Waals surface area contributed by atoms with Gasteiger partial charge in [0.1, 0.15) is 12.4 Å². The summed E-state index contributed by atoms with van der Waals surface area (Å²) in [6.07, 6.45) is 1.81. The van der Waals surface area contributed by atoms with E-state index in [0.29, 0.717) is 6.61 Å². The Balaban J connectivity index is 1.80. The van der Waals surface area contributed by atoms with E-state index >= 15 is 0 Å². The Kier molecular flexibility index (Phi) is 3.64. The van der Waals surface area contributed by atoms with Crippen molar-refractivity contribution in [1.29, 1.82) is 0 Å². The summed E-state index contributed by atoms with van der Waals surface area (Å²) in [5.41, 5.74) is 2.17. The van der Waals surface area contributed by atoms with Crippen LogP contribution in [0.4, 0.5) is 0 Å². The lowest BCUT2D eigenvalue weighted by Crippen LogP contribution is -1.96. The van der Waals surface area contributed by atoms with Crippen LogP contribution in [0.1, 0.15) is 5.56 Å². The summed E-state index contributed by atoms with van der Waals surface area (Å²) in [5.74, 6) is 0.925. The summed E-state index contributed by atoms with van der Waals surface area (Å²) in [4.78, 5) is 4.31. The van der Waals surface area contributed by atoms with Crippen LogP contribution in [0.3, 0.4) is 0 Å². The van der Waals surface area contributed by atoms with Gasteiger partial charge in [0, 0.05) is 11.6 Å². The molecular weight excluding hydrogens is 349 g/mol. The van der Waals surface area contributed by atoms with Gasteiger partial charge in [0.2, 0.25) is 0 Å². The third-order valence-corrected chi connectivity index (χ3v) is 3.79. The Hall–Kier alpha value is -1.62. The van der Waals surface area contributed by atoms with E-state index in [9.17, 15) is 0 Å². The van der Waals surface area contributed by atoms with E-state index < -0.39 is 0 Å². The van der Waals surface area contributed by atoms with Crippen molar-refractivity contribution in [2.24, 2.45) is 0 Å². The Morgan fingerprint density at radius 1 is 1.00 bits per heavy atom. The smallest absolute Gasteiger partial charge is 0.133 e. The van der Waals surface area contributed by atoms with Crippen molar-refractivity contribution in [3.8, 4) is 5.75 Å². The Bertz CT molecular complexity index is 712. The lowest BCUT2D eigenvalue weighted by molar-refractivity contribution is 0.304. The zero-order chi connectivity index (χ0) is 13.1. The van der Waals surface area contributed by atoms with Crippen LogP contribution in [0, 0.1) is 3.57 Å². The van der Waals surface area contributed by atoms with E-state index in [1.807, 2.05) is 42.6 Å². The van der Waals surface area contributed by atoms with Crippen molar-refractivity contribution >= 4 is 33.5 Å². The van der Waals surface area contributed by atoms with E-state index in [2.05, 4.69) is 45.8 Å². The fraction of sp³-hybridized carbons (Fsp3) is 0.0625. The molecule has 0 N–H and O–H groups in total. The number of hydrogen-bond donors (Lipinski definition) is 0. The topological polar surface area (TPSA) is 22.1 Å². The predicted molar refractivity (Wildman–Crippen MR) is 85.2 cm³/mol. The Morgan fingerprint density at radius 2 is 1.89 bits per heavy atom. The molecule has 94 valence electrons. The second kappa shape index (κ2) is 5.57. The molecule has 0 radical (unpaired) electrons. The van der Waals surface area contributed by atoms with Gasteiger partial charge in [-0.1, -0.05) is 24.3 Å². The second-order valence-corrected chi connectivity index (χ2v) is 5.41. The average Bonchev–Trinajstić information content (AvgIpc) is 2.46. The summed E-state index contributed by atoms with van der Waals surface area (Å²) in [6.45, 7) is 0.574. The van der Waals surface area contributed by atoms with Crippen molar-refractivity contribution in [2.45, 2.75) is 6.61 Å². The normalized spacial score (nSPS) is 10.6. The van der Waals surface area contributed by atoms with Gasteiger partial charge in [-0.3, -0.25) is 4.98 Å². The minimum absolute atomic E-state index is 0.574. The van der Waals surface area contributed by atoms with Crippen LogP contribution >= 0.6 is 22.6 Å². The molecule has 0 aliphatic heterocycles. The zero-order valence-corrected chi connectivity index (χ0v) is 12.4. The highest BCUT2D eigenvalue weighted by molar-refractivity contribution is 14.1. The number of pyridine rings is 1. The molecule has 0 atom stereocenters. The molecule has 0 unspecified atom stereocenters. The molecule has 0 amide bonds. The average molecular weight is 361 g/mol. The number of aromatic nitrogens is 1. The molecule has 0 aliphatic carbocycles. The quantitative estimate of drug-likeness (QED) is 0.645. The number of fused-ring (bicyclic) bond motifs is 1. The van der Waals surface area contributed by atoms with E-state index in [1.54, 1.807) is 0 Å². The van der Waals surface area contributed by atoms with Gasteiger partial charge in [0.05, 0.1) is 9.09 Å². The lowest BCUT2D eigenvalue weighted by atomic mass is 10.1. The monoisotopic (exact) mass is 361 g/mol. The SMILES string of the molecule is Ic1ccccc1OCc1ccc2ncccc2c1. The van der Waals surface area contributed by atoms with Gasteiger partial charge in [-0.15, -0.1) is 0 Å². The van der Waals surface area contributed by atoms with Crippen LogP contribution in [0.25, 0.3) is 10.9 Å². The number of ether oxygens (including phenoxy) is 1. The first-order valence-electron chi connectivity index (χ1n) is 6.04. The molecule has 2 nitrogen and oxygen atoms in total. The Labute approximate surface area is 125 Å². The van der Waals surface area contributed by atoms with E-state index in [1.165, 1.54) is 0 Å². The first-order chi connectivity index (χ1) is 9.33. The number of hydrogen-bond acceptors (Lipinski definition) is 2. The van der Waals surface area contributed by atoms with Gasteiger partial charge in [0.15, 0.2) is 0 Å². The summed E-state index contributed by atoms with van der Waals surface area (Å²) in [7, 11) is 0. The standard InChI is InChI=1S/C16H12INO/c17-14-5-1-2-6-16(14)19-11-12-7-8-15-13(10-12)4-3-9-18-15/h1-10H,11H2. The number of para-hydroxylation sites is 1. The molecule has 2 aromatic carbocycles. The first kappa shape index (κ1) is 12.4. The summed E-state index contributed by atoms with van der Waals surface area (Å²) in [5, 5.41) is 1.14. The molecule has 3 rings (SSSR count). The maximum absolute atomic E-state index is 5.84. The summed E-state index contributed by atoms with van der Waals surface area (Å²) < 4.78 is 6.97. The van der Waals surface area contributed by atoms with Crippen molar-refractivity contribution < 1.29 is 4.74 Å². The molecule has 0 fully saturated rings. The van der Waals surface area contributed by atoms with Gasteiger partial charge in [-0.05, 0) is 58.5 Å². The summed E-state index contributed by atoms with van der Waals surface area (Å²) >= 11 is 2.28. The maximum atomic E-state index is 5.84. The van der Waals surface area contributed by atoms with E-state index in [-0.39, 0.29) is 0 Å². The zero-order valence-electron chi connectivity index (χ0n) is 10.2. The highest BCUT2D eigenvalue weighted by atomic mass is 127. The molecule has 0 bridgehead atoms. The number of rotatable bonds is 3. The minimum atomic E-state index is 0.574. The third kappa shape index (κ3) is 2.87. The molecule has 0 spiro atoms. The van der Waals surface area contributed by atoms with Gasteiger partial charge >= 0.3 is 0 Å². The van der Waals surface area contributed by atoms with Crippen LogP contribution in [0.5, 0.6) is 5.75 Å². The van der Waals surface area contributed by atoms with Crippen LogP contribution in [0.15, 0.2) is 60.8 Å². The van der Waals surface area contributed by atoms with E-state index in [0.717, 1.165) is 25.8 Å². The fourth-order valence-corrected chi connectivity index (χ4v) is 2.48. The summed E-state index contributed by atoms with van der Waals surface area (Å²) in [6, 6.07) is 18.3. The number of halogens is 1. The van der Waals surface area contributed by atoms with Crippen LogP contribution in [-0.2, 0) is 6.61 Å². The Morgan fingerprint density at radius 3 is 2.79 bits per heavy atom. The van der Waals surface area contributed by atoms with Gasteiger partial charge in [-0.25, -0.2) is 0 Å². The molecule has 0 saturated heterocycles. The fourth-order valence-electron chi connectivity index (χ4n) is 1.94. The largest absolute Gasteiger partial charge is 0.488 e. The van der Waals surface area contributed by atoms with Crippen molar-refractivity contribution in [3.63, 3.8) is 0 Å². The van der Waals surface area contributed by atoms with Crippen LogP contribution in [0.2, 0.25) is 0 Å². The molecule has 1 aromatic heterocycles. The molecule has 1 heterocycles. The highest BCUT2D eigenvalue weighted by Crippen LogP contribution is 2.21. The highest BCUT2D eigenvalue weighted by Gasteiger charge is 2.01. The van der Waals surface area contributed by atoms with Crippen LogP contribution < -0.4 is 4.74 Å². The molecule has 0 aliphatic rings. The third-order valence-electron chi connectivity index (χ3n) is 2.90. The molecule has 3 heteroatoms. The molecule has 3 aromatic rings. The van der Waals surface area contributed by atoms with Crippen molar-refractivity contribution in [1.82, 2.24) is 4.98 Å². The lowest BCUT2D eigenvalue weighted by Gasteiger charge is -2.08. The molecular formula is C16H12INO. The first-order valence-corrected chi connectivity index (χ1v) is 7.12. The van der Waals surface area contributed by atoms with Crippen molar-refractivity contribution in [2.75, 3.05) is 0 Å². The van der Waals surface area contributed by atoms with E-state index in [4.69, 9.17) is 4.74 Å². The molecule has 19 heavy (non-hydrogen) atoms. The minimum Gasteiger partial charge on any atom is -0.488 e. The molecule has 0 saturated carbocycles. The van der Waals surface area contributed by atoms with Gasteiger partial charge in [0.25, 0.3) is 0 Å². The predicted octanol–water partition coefficient (Wildman–Crippen LogP) is 4.42. The maximum Gasteiger partial charge on any atom is 0.133 e. The number of nitrogens with zero attached hydrogens (tertiary/aromatic N) is 1. The van der Waals surface area contributed by atoms with Crippen LogP contribution in [-0.4, -0.2) is 4.98 Å². The van der Waals surface area contributed by atoms with Gasteiger partial charge in [-0.2, -0.15) is 0 Å². The van der Waals surface area contributed by atoms with Crippen molar-refractivity contribution in [3.05, 3.63) is 69.9 Å². The number of benzene rings is 2. The second-order valence-electron chi connectivity index (χ2n) is 4.25. The van der Waals surface area contributed by atoms with Gasteiger partial charge < -0.3 is 4.74 Å².